The van der Waals surface area contributed by atoms with E-state index in [4.69, 9.17) is 11.6 Å². The van der Waals surface area contributed by atoms with E-state index in [0.717, 1.165) is 15.4 Å². The first-order valence-corrected chi connectivity index (χ1v) is 11.1. The van der Waals surface area contributed by atoms with Crippen LogP contribution in [0.15, 0.2) is 123 Å². The SMILES string of the molecule is [OH+]=C(c1ccccc1)c1ccc(Sc2ccc(Sc3ccccc3)cc2)c(Cl)c1. The second kappa shape index (κ2) is 9.36. The minimum atomic E-state index is 0.228. The van der Waals surface area contributed by atoms with Gasteiger partial charge in [-0.2, -0.15) is 0 Å². The van der Waals surface area contributed by atoms with Crippen LogP contribution in [0, 0.1) is 0 Å². The largest absolute Gasteiger partial charge is 0.354 e. The minimum absolute atomic E-state index is 0.228. The topological polar surface area (TPSA) is 21.4 Å². The van der Waals surface area contributed by atoms with Gasteiger partial charge in [-0.25, -0.2) is 0 Å². The van der Waals surface area contributed by atoms with Crippen LogP contribution in [0.2, 0.25) is 5.02 Å². The highest BCUT2D eigenvalue weighted by Crippen LogP contribution is 2.36. The quantitative estimate of drug-likeness (QED) is 0.231. The summed E-state index contributed by atoms with van der Waals surface area (Å²) >= 11 is 9.86. The Hall–Kier alpha value is -2.46. The fraction of sp³-hybridized carbons (Fsp3) is 0. The Morgan fingerprint density at radius 1 is 0.586 bits per heavy atom. The lowest BCUT2D eigenvalue weighted by Crippen LogP contribution is -2.02. The number of ketones is 1. The molecule has 29 heavy (non-hydrogen) atoms. The van der Waals surface area contributed by atoms with Crippen LogP contribution in [0.5, 0.6) is 0 Å². The predicted octanol–water partition coefficient (Wildman–Crippen LogP) is 7.58. The summed E-state index contributed by atoms with van der Waals surface area (Å²) in [7, 11) is 0. The first-order valence-electron chi connectivity index (χ1n) is 9.11. The van der Waals surface area contributed by atoms with Gasteiger partial charge in [-0.05, 0) is 66.7 Å². The Morgan fingerprint density at radius 2 is 1.14 bits per heavy atom. The highest BCUT2D eigenvalue weighted by molar-refractivity contribution is 7.99. The molecule has 0 atom stereocenters. The van der Waals surface area contributed by atoms with Crippen molar-refractivity contribution in [2.45, 2.75) is 19.6 Å². The maximum absolute atomic E-state index is 10.5. The van der Waals surface area contributed by atoms with Crippen LogP contribution in [0.3, 0.4) is 0 Å². The van der Waals surface area contributed by atoms with Gasteiger partial charge in [0, 0.05) is 19.6 Å². The lowest BCUT2D eigenvalue weighted by atomic mass is 10.0. The third-order valence-corrected chi connectivity index (χ3v) is 6.81. The summed E-state index contributed by atoms with van der Waals surface area (Å²) in [6.45, 7) is 0. The maximum Gasteiger partial charge on any atom is 0.354 e. The zero-order chi connectivity index (χ0) is 20.1. The minimum Gasteiger partial charge on any atom is -0.273 e. The molecule has 4 rings (SSSR count). The van der Waals surface area contributed by atoms with Gasteiger partial charge in [0.05, 0.1) is 16.1 Å². The van der Waals surface area contributed by atoms with Crippen LogP contribution < -0.4 is 0 Å². The lowest BCUT2D eigenvalue weighted by molar-refractivity contribution is 0.679. The molecule has 1 N–H and O–H groups in total. The fourth-order valence-electron chi connectivity index (χ4n) is 2.82. The molecule has 4 heteroatoms. The second-order valence-corrected chi connectivity index (χ2v) is 9.02. The highest BCUT2D eigenvalue weighted by Gasteiger charge is 2.17. The summed E-state index contributed by atoms with van der Waals surface area (Å²) in [6.07, 6.45) is 0. The Balaban J connectivity index is 1.46. The molecule has 4 aromatic carbocycles. The van der Waals surface area contributed by atoms with Gasteiger partial charge < -0.3 is 0 Å². The molecule has 0 amide bonds. The van der Waals surface area contributed by atoms with E-state index in [1.807, 2.05) is 66.7 Å². The van der Waals surface area contributed by atoms with Crippen LogP contribution in [-0.2, 0) is 0 Å². The molecule has 0 unspecified atom stereocenters. The molecular formula is C25H18ClOS2+. The van der Waals surface area contributed by atoms with Crippen molar-refractivity contribution in [3.05, 3.63) is 119 Å². The highest BCUT2D eigenvalue weighted by atomic mass is 35.5. The average Bonchev–Trinajstić information content (AvgIpc) is 2.77. The van der Waals surface area contributed by atoms with Crippen LogP contribution >= 0.6 is 35.1 Å². The molecular weight excluding hydrogens is 416 g/mol. The summed E-state index contributed by atoms with van der Waals surface area (Å²) in [5.74, 6) is 0.228. The first kappa shape index (κ1) is 19.8. The molecule has 0 spiro atoms. The summed E-state index contributed by atoms with van der Waals surface area (Å²) in [5, 5.41) is 0.623. The van der Waals surface area contributed by atoms with E-state index < -0.39 is 0 Å². The van der Waals surface area contributed by atoms with E-state index in [1.54, 1.807) is 23.5 Å². The van der Waals surface area contributed by atoms with Crippen molar-refractivity contribution in [1.29, 1.82) is 0 Å². The maximum atomic E-state index is 10.5. The van der Waals surface area contributed by atoms with Crippen LogP contribution in [-0.4, -0.2) is 10.6 Å². The van der Waals surface area contributed by atoms with Gasteiger partial charge in [0.15, 0.2) is 0 Å². The fourth-order valence-corrected chi connectivity index (χ4v) is 4.77. The Kier molecular flexibility index (Phi) is 6.40. The molecule has 0 radical (unpaired) electrons. The third kappa shape index (κ3) is 5.13. The molecule has 0 aliphatic carbocycles. The molecule has 0 aliphatic rings. The monoisotopic (exact) mass is 433 g/mol. The van der Waals surface area contributed by atoms with Gasteiger partial charge in [0.1, 0.15) is 0 Å². The Labute approximate surface area is 184 Å². The van der Waals surface area contributed by atoms with Gasteiger partial charge in [-0.15, -0.1) is 0 Å². The smallest absolute Gasteiger partial charge is 0.273 e. The average molecular weight is 434 g/mol. The van der Waals surface area contributed by atoms with Gasteiger partial charge in [-0.1, -0.05) is 71.5 Å². The van der Waals surface area contributed by atoms with E-state index in [-0.39, 0.29) is 5.78 Å². The summed E-state index contributed by atoms with van der Waals surface area (Å²) < 4.78 is 0. The van der Waals surface area contributed by atoms with Crippen LogP contribution in [0.4, 0.5) is 0 Å². The number of hydrogen-bond donors (Lipinski definition) is 0. The number of hydrogen-bond acceptors (Lipinski definition) is 2. The Bertz CT molecular complexity index is 1110. The first-order chi connectivity index (χ1) is 14.2. The van der Waals surface area contributed by atoms with Crippen LogP contribution in [0.1, 0.15) is 11.1 Å². The summed E-state index contributed by atoms with van der Waals surface area (Å²) in [5.41, 5.74) is 1.48. The van der Waals surface area contributed by atoms with E-state index in [1.165, 1.54) is 9.79 Å². The summed E-state index contributed by atoms with van der Waals surface area (Å²) in [4.78, 5) is 15.0. The molecule has 0 fully saturated rings. The Morgan fingerprint density at radius 3 is 1.76 bits per heavy atom. The van der Waals surface area contributed by atoms with Gasteiger partial charge in [-0.3, -0.25) is 4.79 Å². The molecule has 0 aliphatic heterocycles. The number of rotatable bonds is 6. The van der Waals surface area contributed by atoms with Crippen molar-refractivity contribution in [3.63, 3.8) is 0 Å². The van der Waals surface area contributed by atoms with Gasteiger partial charge >= 0.3 is 5.78 Å². The van der Waals surface area contributed by atoms with Gasteiger partial charge in [0.2, 0.25) is 0 Å². The van der Waals surface area contributed by atoms with E-state index in [9.17, 15) is 4.79 Å². The zero-order valence-electron chi connectivity index (χ0n) is 15.5. The van der Waals surface area contributed by atoms with Gasteiger partial charge in [0.25, 0.3) is 0 Å². The standard InChI is InChI=1S/C25H17ClOS2/c26-23-17-19(25(27)18-7-3-1-4-8-18)11-16-24(23)29-22-14-12-21(13-15-22)28-20-9-5-2-6-10-20/h1-17H/p+1. The van der Waals surface area contributed by atoms with Crippen molar-refractivity contribution in [2.24, 2.45) is 0 Å². The molecule has 0 saturated heterocycles. The van der Waals surface area contributed by atoms with Crippen molar-refractivity contribution in [3.8, 4) is 0 Å². The van der Waals surface area contributed by atoms with E-state index in [2.05, 4.69) is 36.4 Å². The number of carbonyl (C=O) groups excluding carboxylic acids is 1. The normalized spacial score (nSPS) is 10.7. The molecule has 0 aromatic heterocycles. The predicted molar refractivity (Wildman–Crippen MR) is 124 cm³/mol. The number of halogens is 1. The van der Waals surface area contributed by atoms with Crippen molar-refractivity contribution in [2.75, 3.05) is 0 Å². The van der Waals surface area contributed by atoms with Crippen molar-refractivity contribution in [1.82, 2.24) is 0 Å². The second-order valence-electron chi connectivity index (χ2n) is 6.35. The van der Waals surface area contributed by atoms with E-state index >= 15 is 0 Å². The van der Waals surface area contributed by atoms with Crippen molar-refractivity contribution < 1.29 is 4.79 Å². The molecule has 0 saturated carbocycles. The molecule has 142 valence electrons. The molecule has 0 heterocycles. The third-order valence-electron chi connectivity index (χ3n) is 4.28. The van der Waals surface area contributed by atoms with Crippen LogP contribution in [0.25, 0.3) is 0 Å². The summed E-state index contributed by atoms with van der Waals surface area (Å²) in [6, 6.07) is 33.9. The van der Waals surface area contributed by atoms with E-state index in [0.29, 0.717) is 10.6 Å². The molecule has 4 aromatic rings. The van der Waals surface area contributed by atoms with Crippen molar-refractivity contribution >= 4 is 40.9 Å². The molecule has 1 nitrogen and oxygen atoms in total. The lowest BCUT2D eigenvalue weighted by Gasteiger charge is -2.07. The molecule has 0 bridgehead atoms. The zero-order valence-corrected chi connectivity index (χ0v) is 17.8. The number of benzene rings is 4.